The lowest BCUT2D eigenvalue weighted by Gasteiger charge is -2.43. The topological polar surface area (TPSA) is 69.5 Å². The van der Waals surface area contributed by atoms with E-state index in [9.17, 15) is 18.0 Å². The molecule has 2 aromatic rings. The van der Waals surface area contributed by atoms with E-state index in [4.69, 9.17) is 10.00 Å². The second kappa shape index (κ2) is 8.43. The fourth-order valence-corrected chi connectivity index (χ4v) is 4.98. The Kier molecular flexibility index (Phi) is 5.82. The summed E-state index contributed by atoms with van der Waals surface area (Å²) in [5.74, 6) is 0.0635. The molecule has 2 unspecified atom stereocenters. The van der Waals surface area contributed by atoms with Crippen molar-refractivity contribution in [2.75, 3.05) is 44.8 Å². The van der Waals surface area contributed by atoms with Crippen LogP contribution in [0.4, 0.5) is 18.9 Å². The molecule has 0 radical (unpaired) electrons. The van der Waals surface area contributed by atoms with Gasteiger partial charge in [-0.3, -0.25) is 9.78 Å². The molecule has 2 aliphatic rings. The maximum atomic E-state index is 13.5. The van der Waals surface area contributed by atoms with Crippen LogP contribution in [0.25, 0.3) is 0 Å². The second-order valence-corrected chi connectivity index (χ2v) is 8.47. The maximum absolute atomic E-state index is 13.5. The Balaban J connectivity index is 1.61. The third kappa shape index (κ3) is 4.02. The fourth-order valence-electron chi connectivity index (χ4n) is 4.98. The maximum Gasteiger partial charge on any atom is 0.417 e. The zero-order chi connectivity index (χ0) is 22.9. The Labute approximate surface area is 184 Å². The average molecular weight is 444 g/mol. The first-order valence-electron chi connectivity index (χ1n) is 10.3. The molecule has 32 heavy (non-hydrogen) atoms. The molecule has 4 rings (SSSR count). The van der Waals surface area contributed by atoms with Crippen molar-refractivity contribution in [1.82, 2.24) is 9.88 Å². The number of likely N-dealkylation sites (tertiary alicyclic amines) is 1. The van der Waals surface area contributed by atoms with Gasteiger partial charge in [-0.05, 0) is 42.7 Å². The largest absolute Gasteiger partial charge is 0.417 e. The number of anilines is 1. The number of pyridine rings is 1. The Bertz CT molecular complexity index is 1040. The number of benzene rings is 1. The summed E-state index contributed by atoms with van der Waals surface area (Å²) >= 11 is 0. The first-order chi connectivity index (χ1) is 15.3. The molecule has 3 heterocycles. The van der Waals surface area contributed by atoms with Crippen molar-refractivity contribution in [3.63, 3.8) is 0 Å². The van der Waals surface area contributed by atoms with Gasteiger partial charge in [0.2, 0.25) is 0 Å². The number of piperidine rings is 1. The molecular formula is C23H23F3N4O2. The van der Waals surface area contributed by atoms with Crippen LogP contribution in [0.1, 0.15) is 27.9 Å². The fraction of sp³-hybridized carbons (Fsp3) is 0.435. The molecular weight excluding hydrogens is 421 g/mol. The third-order valence-corrected chi connectivity index (χ3v) is 6.49. The van der Waals surface area contributed by atoms with Gasteiger partial charge >= 0.3 is 6.18 Å². The molecule has 2 saturated heterocycles. The Morgan fingerprint density at radius 3 is 2.81 bits per heavy atom. The second-order valence-electron chi connectivity index (χ2n) is 8.47. The molecule has 1 aromatic carbocycles. The molecule has 6 nitrogen and oxygen atoms in total. The smallest absolute Gasteiger partial charge is 0.384 e. The van der Waals surface area contributed by atoms with E-state index in [0.717, 1.165) is 12.5 Å². The predicted molar refractivity (Wildman–Crippen MR) is 111 cm³/mol. The normalized spacial score (nSPS) is 23.0. The van der Waals surface area contributed by atoms with Gasteiger partial charge in [0.25, 0.3) is 5.91 Å². The zero-order valence-electron chi connectivity index (χ0n) is 17.6. The van der Waals surface area contributed by atoms with Crippen molar-refractivity contribution < 1.29 is 22.7 Å². The molecule has 0 N–H and O–H groups in total. The lowest BCUT2D eigenvalue weighted by atomic mass is 9.74. The Morgan fingerprint density at radius 1 is 1.34 bits per heavy atom. The van der Waals surface area contributed by atoms with Gasteiger partial charge in [0.05, 0.1) is 29.4 Å². The van der Waals surface area contributed by atoms with Gasteiger partial charge in [0.15, 0.2) is 0 Å². The highest BCUT2D eigenvalue weighted by molar-refractivity contribution is 5.94. The van der Waals surface area contributed by atoms with E-state index in [2.05, 4.69) is 4.98 Å². The van der Waals surface area contributed by atoms with Crippen LogP contribution in [-0.2, 0) is 10.9 Å². The van der Waals surface area contributed by atoms with Gasteiger partial charge in [-0.1, -0.05) is 0 Å². The number of ether oxygens (including phenoxy) is 1. The van der Waals surface area contributed by atoms with Gasteiger partial charge in [0.1, 0.15) is 0 Å². The van der Waals surface area contributed by atoms with Crippen LogP contribution in [-0.4, -0.2) is 55.7 Å². The van der Waals surface area contributed by atoms with Crippen molar-refractivity contribution in [3.8, 4) is 6.07 Å². The van der Waals surface area contributed by atoms with Gasteiger partial charge < -0.3 is 14.5 Å². The molecule has 0 bridgehead atoms. The number of rotatable bonds is 4. The number of carbonyl (C=O) groups excluding carboxylic acids is 1. The summed E-state index contributed by atoms with van der Waals surface area (Å²) in [5.41, 5.74) is -0.780. The number of hydrogen-bond donors (Lipinski definition) is 0. The summed E-state index contributed by atoms with van der Waals surface area (Å²) in [6.07, 6.45) is -0.732. The van der Waals surface area contributed by atoms with Crippen molar-refractivity contribution in [3.05, 3.63) is 59.4 Å². The summed E-state index contributed by atoms with van der Waals surface area (Å²) in [7, 11) is 1.60. The molecule has 0 aliphatic carbocycles. The molecule has 168 valence electrons. The van der Waals surface area contributed by atoms with Crippen LogP contribution < -0.4 is 4.90 Å². The van der Waals surface area contributed by atoms with Gasteiger partial charge in [-0.15, -0.1) is 0 Å². The number of halogens is 3. The van der Waals surface area contributed by atoms with Crippen LogP contribution >= 0.6 is 0 Å². The van der Waals surface area contributed by atoms with E-state index in [0.29, 0.717) is 44.0 Å². The quantitative estimate of drug-likeness (QED) is 0.721. The molecule has 2 fully saturated rings. The molecule has 2 aliphatic heterocycles. The number of aromatic nitrogens is 1. The number of hydrogen-bond acceptors (Lipinski definition) is 5. The van der Waals surface area contributed by atoms with Gasteiger partial charge in [0, 0.05) is 56.8 Å². The first kappa shape index (κ1) is 22.1. The highest BCUT2D eigenvalue weighted by Gasteiger charge is 2.51. The van der Waals surface area contributed by atoms with Gasteiger partial charge in [-0.2, -0.15) is 18.4 Å². The molecule has 0 saturated carbocycles. The zero-order valence-corrected chi connectivity index (χ0v) is 17.6. The first-order valence-corrected chi connectivity index (χ1v) is 10.3. The molecule has 9 heteroatoms. The molecule has 2 atom stereocenters. The lowest BCUT2D eigenvalue weighted by Crippen LogP contribution is -2.53. The third-order valence-electron chi connectivity index (χ3n) is 6.49. The number of methoxy groups -OCH3 is 1. The molecule has 0 spiro atoms. The van der Waals surface area contributed by atoms with Crippen molar-refractivity contribution in [1.29, 1.82) is 5.26 Å². The number of nitriles is 1. The summed E-state index contributed by atoms with van der Waals surface area (Å²) in [6, 6.07) is 8.89. The number of amides is 1. The SMILES string of the molecule is COCC12CN(C(=O)c3cccnc3)CCC1CN(c1ccc(C#N)c(C(F)(F)F)c1)C2. The lowest BCUT2D eigenvalue weighted by molar-refractivity contribution is -0.137. The number of nitrogens with zero attached hydrogens (tertiary/aromatic N) is 4. The standard InChI is InChI=1S/C23H23F3N4O2/c1-32-15-22-13-29(21(31)17-3-2-7-28-11-17)8-6-18(22)12-30(14-22)19-5-4-16(10-27)20(9-19)23(24,25)26/h2-5,7,9,11,18H,6,8,12-15H2,1H3. The summed E-state index contributed by atoms with van der Waals surface area (Å²) in [5, 5.41) is 9.07. The van der Waals surface area contributed by atoms with Crippen LogP contribution in [0.2, 0.25) is 0 Å². The van der Waals surface area contributed by atoms with Crippen LogP contribution in [0.3, 0.4) is 0 Å². The van der Waals surface area contributed by atoms with E-state index < -0.39 is 22.7 Å². The summed E-state index contributed by atoms with van der Waals surface area (Å²) in [4.78, 5) is 20.7. The predicted octanol–water partition coefficient (Wildman–Crippen LogP) is 3.59. The van der Waals surface area contributed by atoms with E-state index in [1.165, 1.54) is 12.3 Å². The minimum absolute atomic E-state index is 0.108. The Hall–Kier alpha value is -3.12. The van der Waals surface area contributed by atoms with Crippen LogP contribution in [0.15, 0.2) is 42.7 Å². The number of fused-ring (bicyclic) bond motifs is 1. The summed E-state index contributed by atoms with van der Waals surface area (Å²) < 4.78 is 45.9. The highest BCUT2D eigenvalue weighted by Crippen LogP contribution is 2.45. The monoisotopic (exact) mass is 444 g/mol. The van der Waals surface area contributed by atoms with Crippen LogP contribution in [0, 0.1) is 22.7 Å². The van der Waals surface area contributed by atoms with E-state index in [1.54, 1.807) is 42.5 Å². The van der Waals surface area contributed by atoms with Crippen LogP contribution in [0.5, 0.6) is 0 Å². The van der Waals surface area contributed by atoms with E-state index >= 15 is 0 Å². The minimum Gasteiger partial charge on any atom is -0.384 e. The average Bonchev–Trinajstić information content (AvgIpc) is 3.17. The highest BCUT2D eigenvalue weighted by atomic mass is 19.4. The molecule has 1 aromatic heterocycles. The minimum atomic E-state index is -4.61. The number of alkyl halides is 3. The van der Waals surface area contributed by atoms with Gasteiger partial charge in [-0.25, -0.2) is 0 Å². The Morgan fingerprint density at radius 2 is 2.16 bits per heavy atom. The number of carbonyl (C=O) groups is 1. The van der Waals surface area contributed by atoms with E-state index in [1.807, 2.05) is 4.90 Å². The van der Waals surface area contributed by atoms with Crippen molar-refractivity contribution >= 4 is 11.6 Å². The summed E-state index contributed by atoms with van der Waals surface area (Å²) in [6.45, 7) is 2.46. The van der Waals surface area contributed by atoms with Crippen molar-refractivity contribution in [2.24, 2.45) is 11.3 Å². The van der Waals surface area contributed by atoms with E-state index in [-0.39, 0.29) is 11.8 Å². The van der Waals surface area contributed by atoms with Crippen molar-refractivity contribution in [2.45, 2.75) is 12.6 Å². The molecule has 1 amide bonds.